The van der Waals surface area contributed by atoms with E-state index in [0.29, 0.717) is 43.8 Å². The molecule has 9 heteroatoms. The number of aryl methyl sites for hydroxylation is 1. The van der Waals surface area contributed by atoms with Crippen molar-refractivity contribution in [2.45, 2.75) is 57.9 Å². The van der Waals surface area contributed by atoms with Gasteiger partial charge in [0.05, 0.1) is 11.8 Å². The molecular formula is C29H36Cl2N2O4S. The van der Waals surface area contributed by atoms with Gasteiger partial charge in [0.25, 0.3) is 0 Å². The van der Waals surface area contributed by atoms with E-state index < -0.39 is 9.84 Å². The molecule has 1 aliphatic heterocycles. The van der Waals surface area contributed by atoms with Crippen LogP contribution in [0.5, 0.6) is 0 Å². The molecule has 0 radical (unpaired) electrons. The third-order valence-electron chi connectivity index (χ3n) is 7.94. The van der Waals surface area contributed by atoms with Crippen LogP contribution in [0.25, 0.3) is 5.57 Å². The lowest BCUT2D eigenvalue weighted by Gasteiger charge is -2.31. The summed E-state index contributed by atoms with van der Waals surface area (Å²) >= 11 is 12.5. The van der Waals surface area contributed by atoms with Crippen LogP contribution < -0.4 is 0 Å². The summed E-state index contributed by atoms with van der Waals surface area (Å²) in [5, 5.41) is 1.34. The normalized spacial score (nSPS) is 23.3. The van der Waals surface area contributed by atoms with Crippen molar-refractivity contribution >= 4 is 50.4 Å². The molecule has 38 heavy (non-hydrogen) atoms. The number of nitrogens with zero attached hydrogens (tertiary/aromatic N) is 2. The van der Waals surface area contributed by atoms with Crippen LogP contribution in [0.1, 0.15) is 68.2 Å². The number of allylic oxidation sites excluding steroid dienone is 4. The van der Waals surface area contributed by atoms with Gasteiger partial charge in [0.1, 0.15) is 9.84 Å². The largest absolute Gasteiger partial charge is 0.339 e. The summed E-state index contributed by atoms with van der Waals surface area (Å²) < 4.78 is 22.8. The highest BCUT2D eigenvalue weighted by Gasteiger charge is 2.32. The Morgan fingerprint density at radius 1 is 1.18 bits per heavy atom. The SMILES string of the molecule is CN(C(=O)CCC1(C)C=C(Cl)C=C(Cl)C1)C1CCc2ccc(C3=CCN(C(=O)CCS(C)(=O)=O)CC3)cc21. The molecular weight excluding hydrogens is 543 g/mol. The second-order valence-electron chi connectivity index (χ2n) is 11.1. The fraction of sp³-hybridized carbons (Fsp3) is 0.517. The Bertz CT molecular complexity index is 1320. The van der Waals surface area contributed by atoms with Gasteiger partial charge in [-0.2, -0.15) is 0 Å². The molecule has 2 amide bonds. The molecule has 206 valence electrons. The van der Waals surface area contributed by atoms with Crippen LogP contribution in [-0.2, 0) is 25.8 Å². The molecule has 1 aromatic rings. The second-order valence-corrected chi connectivity index (χ2v) is 14.3. The first-order chi connectivity index (χ1) is 17.8. The number of carbonyl (C=O) groups is 2. The number of rotatable bonds is 8. The van der Waals surface area contributed by atoms with Crippen molar-refractivity contribution in [2.75, 3.05) is 32.1 Å². The van der Waals surface area contributed by atoms with E-state index in [1.54, 1.807) is 11.0 Å². The fourth-order valence-electron chi connectivity index (χ4n) is 5.69. The summed E-state index contributed by atoms with van der Waals surface area (Å²) in [5.74, 6) is -0.130. The maximum atomic E-state index is 13.2. The molecule has 2 atom stereocenters. The Morgan fingerprint density at radius 3 is 2.61 bits per heavy atom. The Balaban J connectivity index is 1.39. The summed E-state index contributed by atoms with van der Waals surface area (Å²) in [5.41, 5.74) is 4.55. The lowest BCUT2D eigenvalue weighted by Crippen LogP contribution is -2.35. The molecule has 0 saturated heterocycles. The minimum atomic E-state index is -3.16. The summed E-state index contributed by atoms with van der Waals surface area (Å²) in [7, 11) is -1.26. The molecule has 4 rings (SSSR count). The van der Waals surface area contributed by atoms with E-state index in [2.05, 4.69) is 31.2 Å². The number of sulfone groups is 1. The Kier molecular flexibility index (Phi) is 8.80. The number of benzene rings is 1. The highest BCUT2D eigenvalue weighted by Crippen LogP contribution is 2.41. The first kappa shape index (κ1) is 28.9. The van der Waals surface area contributed by atoms with Crippen LogP contribution in [0.3, 0.4) is 0 Å². The van der Waals surface area contributed by atoms with Gasteiger partial charge in [-0.25, -0.2) is 8.42 Å². The minimum absolute atomic E-state index is 0.0229. The van der Waals surface area contributed by atoms with Crippen LogP contribution in [0.4, 0.5) is 0 Å². The Morgan fingerprint density at radius 2 is 1.95 bits per heavy atom. The van der Waals surface area contributed by atoms with Crippen molar-refractivity contribution in [1.29, 1.82) is 0 Å². The highest BCUT2D eigenvalue weighted by molar-refractivity contribution is 7.90. The molecule has 1 heterocycles. The first-order valence-corrected chi connectivity index (χ1v) is 15.9. The molecule has 0 bridgehead atoms. The molecule has 0 N–H and O–H groups in total. The van der Waals surface area contributed by atoms with Gasteiger partial charge in [-0.3, -0.25) is 9.59 Å². The van der Waals surface area contributed by atoms with E-state index in [-0.39, 0.29) is 35.4 Å². The predicted octanol–water partition coefficient (Wildman–Crippen LogP) is 5.62. The van der Waals surface area contributed by atoms with Gasteiger partial charge in [0, 0.05) is 49.3 Å². The number of halogens is 2. The summed E-state index contributed by atoms with van der Waals surface area (Å²) in [6, 6.07) is 6.54. The van der Waals surface area contributed by atoms with Crippen molar-refractivity contribution in [2.24, 2.45) is 5.41 Å². The Labute approximate surface area is 236 Å². The first-order valence-electron chi connectivity index (χ1n) is 13.1. The van der Waals surface area contributed by atoms with E-state index in [1.807, 2.05) is 18.0 Å². The zero-order chi connectivity index (χ0) is 27.7. The number of fused-ring (bicyclic) bond motifs is 1. The molecule has 0 saturated carbocycles. The third-order valence-corrected chi connectivity index (χ3v) is 9.34. The van der Waals surface area contributed by atoms with E-state index in [9.17, 15) is 18.0 Å². The van der Waals surface area contributed by atoms with Crippen molar-refractivity contribution < 1.29 is 18.0 Å². The lowest BCUT2D eigenvalue weighted by molar-refractivity contribution is -0.132. The predicted molar refractivity (Wildman–Crippen MR) is 154 cm³/mol. The number of hydrogen-bond acceptors (Lipinski definition) is 4. The number of amides is 2. The van der Waals surface area contributed by atoms with Crippen molar-refractivity contribution in [3.05, 3.63) is 63.2 Å². The monoisotopic (exact) mass is 578 g/mol. The zero-order valence-electron chi connectivity index (χ0n) is 22.3. The molecule has 0 spiro atoms. The average Bonchev–Trinajstić information content (AvgIpc) is 3.27. The van der Waals surface area contributed by atoms with Gasteiger partial charge in [0.2, 0.25) is 11.8 Å². The van der Waals surface area contributed by atoms with Crippen LogP contribution in [0, 0.1) is 5.41 Å². The molecule has 6 nitrogen and oxygen atoms in total. The molecule has 0 fully saturated rings. The topological polar surface area (TPSA) is 74.8 Å². The molecule has 0 aromatic heterocycles. The van der Waals surface area contributed by atoms with Gasteiger partial charge in [0.15, 0.2) is 0 Å². The molecule has 2 aliphatic carbocycles. The highest BCUT2D eigenvalue weighted by atomic mass is 35.5. The van der Waals surface area contributed by atoms with Crippen LogP contribution >= 0.6 is 23.2 Å². The molecule has 3 aliphatic rings. The summed E-state index contributed by atoms with van der Waals surface area (Å²) in [4.78, 5) is 29.2. The average molecular weight is 580 g/mol. The van der Waals surface area contributed by atoms with Crippen LogP contribution in [-0.4, -0.2) is 62.2 Å². The van der Waals surface area contributed by atoms with Crippen LogP contribution in [0.2, 0.25) is 0 Å². The van der Waals surface area contributed by atoms with Crippen LogP contribution in [0.15, 0.2) is 46.5 Å². The van der Waals surface area contributed by atoms with Gasteiger partial charge >= 0.3 is 0 Å². The second kappa shape index (κ2) is 11.6. The van der Waals surface area contributed by atoms with Gasteiger partial charge in [-0.05, 0) is 71.9 Å². The third kappa shape index (κ3) is 7.10. The smallest absolute Gasteiger partial charge is 0.223 e. The van der Waals surface area contributed by atoms with Gasteiger partial charge < -0.3 is 9.80 Å². The number of hydrogen-bond donors (Lipinski definition) is 0. The van der Waals surface area contributed by atoms with E-state index in [0.717, 1.165) is 29.7 Å². The summed E-state index contributed by atoms with van der Waals surface area (Å²) in [6.45, 7) is 3.14. The zero-order valence-corrected chi connectivity index (χ0v) is 24.6. The molecule has 1 aromatic carbocycles. The van der Waals surface area contributed by atoms with E-state index in [4.69, 9.17) is 23.2 Å². The van der Waals surface area contributed by atoms with Gasteiger partial charge in [-0.15, -0.1) is 0 Å². The van der Waals surface area contributed by atoms with Crippen molar-refractivity contribution in [3.63, 3.8) is 0 Å². The minimum Gasteiger partial charge on any atom is -0.339 e. The maximum Gasteiger partial charge on any atom is 0.223 e. The van der Waals surface area contributed by atoms with Crippen molar-refractivity contribution in [3.8, 4) is 0 Å². The Hall–Kier alpha value is -2.09. The lowest BCUT2D eigenvalue weighted by atomic mass is 9.79. The van der Waals surface area contributed by atoms with E-state index >= 15 is 0 Å². The standard InChI is InChI=1S/C29H36Cl2N2O4S/c1-29(18-23(30)17-24(31)19-29)12-8-27(34)32(2)26-7-6-21-4-5-22(16-25(21)26)20-9-13-33(14-10-20)28(35)11-15-38(3,36)37/h4-5,9,16-18,26H,6-8,10-15,19H2,1-3H3. The van der Waals surface area contributed by atoms with Gasteiger partial charge in [-0.1, -0.05) is 54.4 Å². The summed E-state index contributed by atoms with van der Waals surface area (Å²) in [6.07, 6.45) is 11.4. The maximum absolute atomic E-state index is 13.2. The molecule has 2 unspecified atom stereocenters. The van der Waals surface area contributed by atoms with Crippen molar-refractivity contribution in [1.82, 2.24) is 9.80 Å². The quantitative estimate of drug-likeness (QED) is 0.401. The fourth-order valence-corrected chi connectivity index (χ4v) is 7.11. The number of carbonyl (C=O) groups excluding carboxylic acids is 2. The van der Waals surface area contributed by atoms with E-state index in [1.165, 1.54) is 16.7 Å².